The zero-order chi connectivity index (χ0) is 13.0. The molecule has 2 rings (SSSR count). The third-order valence-corrected chi connectivity index (χ3v) is 3.92. The van der Waals surface area contributed by atoms with Crippen molar-refractivity contribution in [2.24, 2.45) is 0 Å². The maximum atomic E-state index is 6.17. The molecule has 0 radical (unpaired) electrons. The van der Waals surface area contributed by atoms with Gasteiger partial charge >= 0.3 is 0 Å². The van der Waals surface area contributed by atoms with E-state index in [0.717, 1.165) is 38.0 Å². The lowest BCUT2D eigenvalue weighted by Gasteiger charge is -2.31. The molecule has 1 N–H and O–H groups in total. The van der Waals surface area contributed by atoms with E-state index in [1.165, 1.54) is 0 Å². The Balaban J connectivity index is 2.00. The molecule has 100 valence electrons. The van der Waals surface area contributed by atoms with E-state index in [-0.39, 0.29) is 0 Å². The van der Waals surface area contributed by atoms with Crippen LogP contribution in [0.3, 0.4) is 0 Å². The normalized spacial score (nSPS) is 23.9. The fraction of sp³-hybridized carbons (Fsp3) is 0.571. The Morgan fingerprint density at radius 2 is 2.06 bits per heavy atom. The SMILES string of the molecule is CCCC1CC(Nc2c(Cl)cccc2Cl)CCO1. The van der Waals surface area contributed by atoms with Crippen molar-refractivity contribution in [3.8, 4) is 0 Å². The first-order valence-corrected chi connectivity index (χ1v) is 7.28. The molecule has 1 aliphatic rings. The van der Waals surface area contributed by atoms with Gasteiger partial charge in [-0.2, -0.15) is 0 Å². The number of anilines is 1. The molecule has 1 saturated heterocycles. The molecular weight excluding hydrogens is 269 g/mol. The standard InChI is InChI=1S/C14H19Cl2NO/c1-2-4-11-9-10(7-8-18-11)17-14-12(15)5-3-6-13(14)16/h3,5-6,10-11,17H,2,4,7-9H2,1H3. The molecule has 1 aromatic rings. The summed E-state index contributed by atoms with van der Waals surface area (Å²) in [7, 11) is 0. The summed E-state index contributed by atoms with van der Waals surface area (Å²) < 4.78 is 5.74. The van der Waals surface area contributed by atoms with Crippen molar-refractivity contribution < 1.29 is 4.74 Å². The van der Waals surface area contributed by atoms with Crippen LogP contribution in [0.1, 0.15) is 32.6 Å². The molecule has 0 spiro atoms. The second-order valence-corrected chi connectivity index (χ2v) is 5.56. The summed E-state index contributed by atoms with van der Waals surface area (Å²) in [6.45, 7) is 3.00. The summed E-state index contributed by atoms with van der Waals surface area (Å²) in [5.41, 5.74) is 0.850. The van der Waals surface area contributed by atoms with E-state index in [1.54, 1.807) is 0 Å². The van der Waals surface area contributed by atoms with Crippen molar-refractivity contribution >= 4 is 28.9 Å². The smallest absolute Gasteiger partial charge is 0.0721 e. The second kappa shape index (κ2) is 6.65. The van der Waals surface area contributed by atoms with E-state index >= 15 is 0 Å². The lowest BCUT2D eigenvalue weighted by Crippen LogP contribution is -2.34. The molecule has 0 aromatic heterocycles. The lowest BCUT2D eigenvalue weighted by atomic mass is 10.00. The van der Waals surface area contributed by atoms with Gasteiger partial charge in [0.1, 0.15) is 0 Å². The van der Waals surface area contributed by atoms with Gasteiger partial charge in [0.25, 0.3) is 0 Å². The molecule has 0 aliphatic carbocycles. The molecule has 0 bridgehead atoms. The van der Waals surface area contributed by atoms with E-state index in [1.807, 2.05) is 18.2 Å². The van der Waals surface area contributed by atoms with Crippen LogP contribution in [-0.2, 0) is 4.74 Å². The second-order valence-electron chi connectivity index (χ2n) is 4.74. The number of benzene rings is 1. The monoisotopic (exact) mass is 287 g/mol. The van der Waals surface area contributed by atoms with E-state index in [0.29, 0.717) is 22.2 Å². The van der Waals surface area contributed by atoms with Gasteiger partial charge in [-0.15, -0.1) is 0 Å². The average molecular weight is 288 g/mol. The molecule has 0 amide bonds. The van der Waals surface area contributed by atoms with Gasteiger partial charge in [-0.05, 0) is 31.4 Å². The van der Waals surface area contributed by atoms with Gasteiger partial charge in [-0.1, -0.05) is 42.6 Å². The molecule has 1 fully saturated rings. The third kappa shape index (κ3) is 3.53. The fourth-order valence-corrected chi connectivity index (χ4v) is 2.88. The molecule has 18 heavy (non-hydrogen) atoms. The minimum Gasteiger partial charge on any atom is -0.380 e. The number of para-hydroxylation sites is 1. The summed E-state index contributed by atoms with van der Waals surface area (Å²) in [5, 5.41) is 4.82. The van der Waals surface area contributed by atoms with Crippen molar-refractivity contribution in [2.45, 2.75) is 44.8 Å². The molecule has 1 heterocycles. The summed E-state index contributed by atoms with van der Waals surface area (Å²) in [4.78, 5) is 0. The van der Waals surface area contributed by atoms with Crippen molar-refractivity contribution in [1.82, 2.24) is 0 Å². The Labute approximate surface area is 119 Å². The minimum absolute atomic E-state index is 0.363. The van der Waals surface area contributed by atoms with Crippen molar-refractivity contribution in [1.29, 1.82) is 0 Å². The quantitative estimate of drug-likeness (QED) is 0.863. The van der Waals surface area contributed by atoms with Crippen LogP contribution in [0.4, 0.5) is 5.69 Å². The largest absolute Gasteiger partial charge is 0.380 e. The number of nitrogens with one attached hydrogen (secondary N) is 1. The van der Waals surface area contributed by atoms with E-state index in [9.17, 15) is 0 Å². The maximum absolute atomic E-state index is 6.17. The van der Waals surface area contributed by atoms with Crippen LogP contribution >= 0.6 is 23.2 Å². The summed E-state index contributed by atoms with van der Waals surface area (Å²) in [5.74, 6) is 0. The van der Waals surface area contributed by atoms with Gasteiger partial charge in [0.2, 0.25) is 0 Å². The summed E-state index contributed by atoms with van der Waals surface area (Å²) in [6.07, 6.45) is 4.66. The Morgan fingerprint density at radius 3 is 2.72 bits per heavy atom. The van der Waals surface area contributed by atoms with Crippen LogP contribution in [-0.4, -0.2) is 18.8 Å². The van der Waals surface area contributed by atoms with Gasteiger partial charge < -0.3 is 10.1 Å². The molecule has 2 nitrogen and oxygen atoms in total. The van der Waals surface area contributed by atoms with Gasteiger partial charge in [0.05, 0.1) is 21.8 Å². The lowest BCUT2D eigenvalue weighted by molar-refractivity contribution is 0.00598. The highest BCUT2D eigenvalue weighted by molar-refractivity contribution is 6.39. The molecule has 4 heteroatoms. The maximum Gasteiger partial charge on any atom is 0.0721 e. The number of rotatable bonds is 4. The Morgan fingerprint density at radius 1 is 1.33 bits per heavy atom. The van der Waals surface area contributed by atoms with Crippen LogP contribution in [0.2, 0.25) is 10.0 Å². The molecular formula is C14H19Cl2NO. The van der Waals surface area contributed by atoms with Crippen molar-refractivity contribution in [3.63, 3.8) is 0 Å². The Kier molecular flexibility index (Phi) is 5.16. The van der Waals surface area contributed by atoms with Crippen molar-refractivity contribution in [3.05, 3.63) is 28.2 Å². The summed E-state index contributed by atoms with van der Waals surface area (Å²) in [6, 6.07) is 5.98. The first-order valence-electron chi connectivity index (χ1n) is 6.53. The fourth-order valence-electron chi connectivity index (χ4n) is 2.37. The van der Waals surface area contributed by atoms with E-state index in [2.05, 4.69) is 12.2 Å². The number of ether oxygens (including phenoxy) is 1. The molecule has 1 aromatic carbocycles. The molecule has 1 aliphatic heterocycles. The highest BCUT2D eigenvalue weighted by Crippen LogP contribution is 2.32. The predicted octanol–water partition coefficient (Wildman–Crippen LogP) is 4.75. The average Bonchev–Trinajstić information content (AvgIpc) is 2.35. The minimum atomic E-state index is 0.363. The van der Waals surface area contributed by atoms with Gasteiger partial charge in [-0.3, -0.25) is 0 Å². The van der Waals surface area contributed by atoms with Crippen molar-refractivity contribution in [2.75, 3.05) is 11.9 Å². The topological polar surface area (TPSA) is 21.3 Å². The third-order valence-electron chi connectivity index (χ3n) is 3.29. The van der Waals surface area contributed by atoms with E-state index in [4.69, 9.17) is 27.9 Å². The predicted molar refractivity (Wildman–Crippen MR) is 77.8 cm³/mol. The van der Waals surface area contributed by atoms with Gasteiger partial charge in [0, 0.05) is 12.6 Å². The number of halogens is 2. The van der Waals surface area contributed by atoms with E-state index < -0.39 is 0 Å². The Bertz CT molecular complexity index is 375. The van der Waals surface area contributed by atoms with Crippen LogP contribution in [0.15, 0.2) is 18.2 Å². The zero-order valence-corrected chi connectivity index (χ0v) is 12.1. The molecule has 2 unspecified atom stereocenters. The molecule has 0 saturated carbocycles. The van der Waals surface area contributed by atoms with Crippen LogP contribution in [0, 0.1) is 0 Å². The van der Waals surface area contributed by atoms with Gasteiger partial charge in [0.15, 0.2) is 0 Å². The molecule has 2 atom stereocenters. The first-order chi connectivity index (χ1) is 8.70. The Hall–Kier alpha value is -0.440. The van der Waals surface area contributed by atoms with Crippen LogP contribution in [0.25, 0.3) is 0 Å². The van der Waals surface area contributed by atoms with Crippen LogP contribution in [0.5, 0.6) is 0 Å². The first kappa shape index (κ1) is 14.0. The van der Waals surface area contributed by atoms with Crippen LogP contribution < -0.4 is 5.32 Å². The highest BCUT2D eigenvalue weighted by atomic mass is 35.5. The van der Waals surface area contributed by atoms with Gasteiger partial charge in [-0.25, -0.2) is 0 Å². The zero-order valence-electron chi connectivity index (χ0n) is 10.6. The number of hydrogen-bond acceptors (Lipinski definition) is 2. The highest BCUT2D eigenvalue weighted by Gasteiger charge is 2.22. The number of hydrogen-bond donors (Lipinski definition) is 1. The summed E-state index contributed by atoms with van der Waals surface area (Å²) >= 11 is 12.3.